The van der Waals surface area contributed by atoms with E-state index in [-0.39, 0.29) is 17.1 Å². The van der Waals surface area contributed by atoms with E-state index < -0.39 is 6.04 Å². The zero-order valence-electron chi connectivity index (χ0n) is 18.3. The van der Waals surface area contributed by atoms with Gasteiger partial charge in [-0.25, -0.2) is 0 Å². The first-order valence-corrected chi connectivity index (χ1v) is 11.1. The van der Waals surface area contributed by atoms with Crippen molar-refractivity contribution in [3.63, 3.8) is 0 Å². The van der Waals surface area contributed by atoms with Crippen LogP contribution in [0.3, 0.4) is 0 Å². The van der Waals surface area contributed by atoms with Gasteiger partial charge in [0.15, 0.2) is 5.43 Å². The zero-order chi connectivity index (χ0) is 22.2. The van der Waals surface area contributed by atoms with Crippen LogP contribution in [0.4, 0.5) is 0 Å². The molecule has 0 saturated carbocycles. The number of aryl methyl sites for hydroxylation is 2. The highest BCUT2D eigenvalue weighted by atomic mass is 16.3. The summed E-state index contributed by atoms with van der Waals surface area (Å²) in [5.74, 6) is -0.0518. The second kappa shape index (κ2) is 8.12. The molecule has 160 valence electrons. The molecule has 1 aromatic heterocycles. The summed E-state index contributed by atoms with van der Waals surface area (Å²) in [5.41, 5.74) is 5.07. The number of carbonyl (C=O) groups excluding carboxylic acids is 1. The first kappa shape index (κ1) is 20.3. The predicted octanol–water partition coefficient (Wildman–Crippen LogP) is 5.45. The number of benzene rings is 3. The molecule has 3 aromatic carbocycles. The van der Waals surface area contributed by atoms with E-state index in [1.54, 1.807) is 11.0 Å². The molecule has 1 unspecified atom stereocenters. The van der Waals surface area contributed by atoms with Crippen LogP contribution in [0.25, 0.3) is 11.0 Å². The fraction of sp³-hybridized carbons (Fsp3) is 0.214. The first-order valence-electron chi connectivity index (χ1n) is 11.1. The third-order valence-corrected chi connectivity index (χ3v) is 6.31. The Balaban J connectivity index is 1.65. The molecule has 0 radical (unpaired) electrons. The van der Waals surface area contributed by atoms with Crippen molar-refractivity contribution >= 4 is 16.9 Å². The number of nitrogens with zero attached hydrogens (tertiary/aromatic N) is 1. The summed E-state index contributed by atoms with van der Waals surface area (Å²) >= 11 is 0. The van der Waals surface area contributed by atoms with Crippen LogP contribution in [-0.4, -0.2) is 17.4 Å². The lowest BCUT2D eigenvalue weighted by Crippen LogP contribution is -2.31. The van der Waals surface area contributed by atoms with Crippen molar-refractivity contribution in [2.75, 3.05) is 6.54 Å². The molecule has 32 heavy (non-hydrogen) atoms. The van der Waals surface area contributed by atoms with Crippen molar-refractivity contribution in [1.82, 2.24) is 4.90 Å². The Morgan fingerprint density at radius 3 is 2.38 bits per heavy atom. The average molecular weight is 424 g/mol. The number of amides is 1. The molecule has 0 bridgehead atoms. The van der Waals surface area contributed by atoms with Gasteiger partial charge in [-0.1, -0.05) is 73.2 Å². The van der Waals surface area contributed by atoms with Crippen LogP contribution in [0, 0.1) is 6.92 Å². The maximum Gasteiger partial charge on any atom is 0.290 e. The van der Waals surface area contributed by atoms with Gasteiger partial charge in [0.05, 0.1) is 17.0 Å². The SMILES string of the molecule is CCc1ccc(C2c3c(oc4ccc(C)cc4c3=O)C(=O)N2CCc2ccccc2)cc1. The third kappa shape index (κ3) is 3.42. The highest BCUT2D eigenvalue weighted by Gasteiger charge is 2.42. The van der Waals surface area contributed by atoms with Gasteiger partial charge in [0, 0.05) is 6.54 Å². The molecule has 0 fully saturated rings. The second-order valence-electron chi connectivity index (χ2n) is 8.41. The minimum Gasteiger partial charge on any atom is -0.450 e. The molecule has 2 heterocycles. The van der Waals surface area contributed by atoms with E-state index in [1.807, 2.05) is 49.4 Å². The summed E-state index contributed by atoms with van der Waals surface area (Å²) in [4.78, 5) is 28.9. The maximum atomic E-state index is 13.6. The lowest BCUT2D eigenvalue weighted by atomic mass is 9.96. The summed E-state index contributed by atoms with van der Waals surface area (Å²) < 4.78 is 6.04. The Morgan fingerprint density at radius 2 is 1.66 bits per heavy atom. The van der Waals surface area contributed by atoms with E-state index in [0.29, 0.717) is 29.5 Å². The number of carbonyl (C=O) groups is 1. The topological polar surface area (TPSA) is 50.5 Å². The van der Waals surface area contributed by atoms with Gasteiger partial charge in [-0.15, -0.1) is 0 Å². The van der Waals surface area contributed by atoms with Crippen molar-refractivity contribution in [1.29, 1.82) is 0 Å². The van der Waals surface area contributed by atoms with Crippen LogP contribution in [0.2, 0.25) is 0 Å². The Morgan fingerprint density at radius 1 is 0.906 bits per heavy atom. The predicted molar refractivity (Wildman–Crippen MR) is 126 cm³/mol. The molecule has 0 spiro atoms. The largest absolute Gasteiger partial charge is 0.450 e. The molecule has 1 aliphatic heterocycles. The summed E-state index contributed by atoms with van der Waals surface area (Å²) in [6, 6.07) is 23.3. The molecule has 4 nitrogen and oxygen atoms in total. The molecule has 4 aromatic rings. The maximum absolute atomic E-state index is 13.6. The van der Waals surface area contributed by atoms with Crippen molar-refractivity contribution in [2.45, 2.75) is 32.7 Å². The van der Waals surface area contributed by atoms with E-state index in [4.69, 9.17) is 4.42 Å². The summed E-state index contributed by atoms with van der Waals surface area (Å²) in [5, 5.41) is 0.525. The summed E-state index contributed by atoms with van der Waals surface area (Å²) in [6.45, 7) is 4.56. The molecular formula is C28H25NO3. The van der Waals surface area contributed by atoms with Gasteiger partial charge in [0.1, 0.15) is 5.58 Å². The van der Waals surface area contributed by atoms with Gasteiger partial charge in [0.25, 0.3) is 5.91 Å². The first-order chi connectivity index (χ1) is 15.6. The lowest BCUT2D eigenvalue weighted by molar-refractivity contribution is 0.0730. The summed E-state index contributed by atoms with van der Waals surface area (Å²) in [7, 11) is 0. The van der Waals surface area contributed by atoms with Crippen LogP contribution in [0.15, 0.2) is 82.0 Å². The molecule has 1 aliphatic rings. The van der Waals surface area contributed by atoms with Crippen molar-refractivity contribution in [3.05, 3.63) is 117 Å². The smallest absolute Gasteiger partial charge is 0.290 e. The van der Waals surface area contributed by atoms with Gasteiger partial charge in [-0.3, -0.25) is 9.59 Å². The van der Waals surface area contributed by atoms with Gasteiger partial charge >= 0.3 is 0 Å². The number of hydrogen-bond acceptors (Lipinski definition) is 3. The quantitative estimate of drug-likeness (QED) is 0.429. The van der Waals surface area contributed by atoms with Crippen LogP contribution in [0.5, 0.6) is 0 Å². The van der Waals surface area contributed by atoms with Crippen LogP contribution in [0.1, 0.15) is 51.3 Å². The molecule has 0 aliphatic carbocycles. The number of fused-ring (bicyclic) bond motifs is 2. The Kier molecular flexibility index (Phi) is 5.14. The minimum atomic E-state index is -0.451. The van der Waals surface area contributed by atoms with Gasteiger partial charge < -0.3 is 9.32 Å². The monoisotopic (exact) mass is 423 g/mol. The lowest BCUT2D eigenvalue weighted by Gasteiger charge is -2.25. The van der Waals surface area contributed by atoms with Crippen molar-refractivity contribution in [3.8, 4) is 0 Å². The highest BCUT2D eigenvalue weighted by molar-refractivity contribution is 5.99. The fourth-order valence-corrected chi connectivity index (χ4v) is 4.54. The molecule has 0 N–H and O–H groups in total. The Labute approximate surface area is 187 Å². The van der Waals surface area contributed by atoms with Gasteiger partial charge in [-0.05, 0) is 48.6 Å². The molecule has 5 rings (SSSR count). The van der Waals surface area contributed by atoms with Gasteiger partial charge in [0.2, 0.25) is 5.76 Å². The molecule has 1 amide bonds. The number of hydrogen-bond donors (Lipinski definition) is 0. The summed E-state index contributed by atoms with van der Waals surface area (Å²) in [6.07, 6.45) is 1.64. The standard InChI is InChI=1S/C28H25NO3/c1-3-19-10-12-21(13-11-19)25-24-26(30)22-17-18(2)9-14-23(22)32-27(24)28(31)29(25)16-15-20-7-5-4-6-8-20/h4-14,17,25H,3,15-16H2,1-2H3. The molecule has 1 atom stereocenters. The normalized spacial score (nSPS) is 15.4. The Bertz CT molecular complexity index is 1350. The zero-order valence-corrected chi connectivity index (χ0v) is 18.3. The fourth-order valence-electron chi connectivity index (χ4n) is 4.54. The van der Waals surface area contributed by atoms with E-state index in [0.717, 1.165) is 23.1 Å². The molecule has 0 saturated heterocycles. The molecule has 4 heteroatoms. The number of rotatable bonds is 5. The van der Waals surface area contributed by atoms with E-state index in [2.05, 4.69) is 31.2 Å². The van der Waals surface area contributed by atoms with E-state index in [1.165, 1.54) is 5.56 Å². The third-order valence-electron chi connectivity index (χ3n) is 6.31. The van der Waals surface area contributed by atoms with E-state index in [9.17, 15) is 9.59 Å². The van der Waals surface area contributed by atoms with Crippen LogP contribution < -0.4 is 5.43 Å². The minimum absolute atomic E-state index is 0.120. The van der Waals surface area contributed by atoms with Crippen molar-refractivity contribution < 1.29 is 9.21 Å². The second-order valence-corrected chi connectivity index (χ2v) is 8.41. The van der Waals surface area contributed by atoms with Crippen LogP contribution in [-0.2, 0) is 12.8 Å². The van der Waals surface area contributed by atoms with Crippen molar-refractivity contribution in [2.24, 2.45) is 0 Å². The Hall–Kier alpha value is -3.66. The highest BCUT2D eigenvalue weighted by Crippen LogP contribution is 2.38. The van der Waals surface area contributed by atoms with Crippen LogP contribution >= 0.6 is 0 Å². The average Bonchev–Trinajstić information content (AvgIpc) is 3.10. The van der Waals surface area contributed by atoms with E-state index >= 15 is 0 Å². The molecular weight excluding hydrogens is 398 g/mol. The van der Waals surface area contributed by atoms with Gasteiger partial charge in [-0.2, -0.15) is 0 Å².